The second kappa shape index (κ2) is 9.00. The Labute approximate surface area is 162 Å². The lowest BCUT2D eigenvalue weighted by Gasteiger charge is -2.10. The van der Waals surface area contributed by atoms with Crippen LogP contribution in [0.2, 0.25) is 0 Å². The SMILES string of the molecule is COc1ccccc1C(=O)NCCNC(=O)c1cccc(-c2ccsc2)c1. The first-order valence-corrected chi connectivity index (χ1v) is 9.45. The summed E-state index contributed by atoms with van der Waals surface area (Å²) in [4.78, 5) is 24.6. The van der Waals surface area contributed by atoms with Crippen molar-refractivity contribution in [3.63, 3.8) is 0 Å². The number of carbonyl (C=O) groups excluding carboxylic acids is 2. The molecule has 0 bridgehead atoms. The Morgan fingerprint density at radius 3 is 2.44 bits per heavy atom. The van der Waals surface area contributed by atoms with E-state index >= 15 is 0 Å². The first kappa shape index (κ1) is 18.7. The quantitative estimate of drug-likeness (QED) is 0.616. The van der Waals surface area contributed by atoms with Crippen LogP contribution < -0.4 is 15.4 Å². The third-order valence-corrected chi connectivity index (χ3v) is 4.71. The number of thiophene rings is 1. The van der Waals surface area contributed by atoms with Gasteiger partial charge in [0.25, 0.3) is 11.8 Å². The molecule has 0 radical (unpaired) electrons. The van der Waals surface area contributed by atoms with Crippen LogP contribution in [0.4, 0.5) is 0 Å². The van der Waals surface area contributed by atoms with Crippen LogP contribution >= 0.6 is 11.3 Å². The molecule has 0 aliphatic heterocycles. The van der Waals surface area contributed by atoms with Gasteiger partial charge in [-0.25, -0.2) is 0 Å². The number of amides is 2. The Morgan fingerprint density at radius 1 is 0.926 bits per heavy atom. The molecule has 2 N–H and O–H groups in total. The maximum absolute atomic E-state index is 12.3. The molecule has 0 fully saturated rings. The Morgan fingerprint density at radius 2 is 1.70 bits per heavy atom. The minimum atomic E-state index is -0.235. The number of rotatable bonds is 7. The molecule has 0 spiro atoms. The molecule has 1 aromatic heterocycles. The van der Waals surface area contributed by atoms with Gasteiger partial charge in [0.15, 0.2) is 0 Å². The molecule has 0 aliphatic rings. The number of carbonyl (C=O) groups is 2. The fourth-order valence-electron chi connectivity index (χ4n) is 2.65. The van der Waals surface area contributed by atoms with Gasteiger partial charge in [-0.2, -0.15) is 11.3 Å². The number of nitrogens with one attached hydrogen (secondary N) is 2. The molecule has 27 heavy (non-hydrogen) atoms. The van der Waals surface area contributed by atoms with Gasteiger partial charge < -0.3 is 15.4 Å². The number of benzene rings is 2. The van der Waals surface area contributed by atoms with Crippen LogP contribution in [0.5, 0.6) is 5.75 Å². The summed E-state index contributed by atoms with van der Waals surface area (Å²) >= 11 is 1.62. The van der Waals surface area contributed by atoms with Crippen molar-refractivity contribution >= 4 is 23.2 Å². The minimum absolute atomic E-state index is 0.168. The van der Waals surface area contributed by atoms with E-state index in [0.29, 0.717) is 30.0 Å². The monoisotopic (exact) mass is 380 g/mol. The van der Waals surface area contributed by atoms with Crippen molar-refractivity contribution in [3.8, 4) is 16.9 Å². The van der Waals surface area contributed by atoms with E-state index in [1.165, 1.54) is 7.11 Å². The van der Waals surface area contributed by atoms with Gasteiger partial charge in [0.1, 0.15) is 5.75 Å². The second-order valence-electron chi connectivity index (χ2n) is 5.80. The number of hydrogen-bond donors (Lipinski definition) is 2. The highest BCUT2D eigenvalue weighted by atomic mass is 32.1. The van der Waals surface area contributed by atoms with Crippen LogP contribution in [0.1, 0.15) is 20.7 Å². The maximum Gasteiger partial charge on any atom is 0.255 e. The zero-order chi connectivity index (χ0) is 19.1. The maximum atomic E-state index is 12.3. The fourth-order valence-corrected chi connectivity index (χ4v) is 3.32. The van der Waals surface area contributed by atoms with Gasteiger partial charge in [-0.05, 0) is 52.2 Å². The highest BCUT2D eigenvalue weighted by Gasteiger charge is 2.11. The molecule has 138 valence electrons. The molecule has 3 aromatic rings. The molecule has 0 atom stereocenters. The van der Waals surface area contributed by atoms with Crippen LogP contribution in [-0.2, 0) is 0 Å². The predicted molar refractivity (Wildman–Crippen MR) is 107 cm³/mol. The third kappa shape index (κ3) is 4.74. The molecular formula is C21H20N2O3S. The van der Waals surface area contributed by atoms with Crippen molar-refractivity contribution in [3.05, 3.63) is 76.5 Å². The summed E-state index contributed by atoms with van der Waals surface area (Å²) < 4.78 is 5.18. The average molecular weight is 380 g/mol. The molecule has 1 heterocycles. The van der Waals surface area contributed by atoms with Crippen molar-refractivity contribution in [2.24, 2.45) is 0 Å². The van der Waals surface area contributed by atoms with E-state index in [2.05, 4.69) is 10.6 Å². The Balaban J connectivity index is 1.51. The van der Waals surface area contributed by atoms with Crippen LogP contribution in [0.25, 0.3) is 11.1 Å². The highest BCUT2D eigenvalue weighted by molar-refractivity contribution is 7.08. The van der Waals surface area contributed by atoms with Crippen LogP contribution in [0, 0.1) is 0 Å². The Kier molecular flexibility index (Phi) is 6.22. The lowest BCUT2D eigenvalue weighted by Crippen LogP contribution is -2.34. The third-order valence-electron chi connectivity index (χ3n) is 4.03. The molecule has 0 aliphatic carbocycles. The van der Waals surface area contributed by atoms with E-state index < -0.39 is 0 Å². The molecule has 0 unspecified atom stereocenters. The van der Waals surface area contributed by atoms with Gasteiger partial charge in [-0.15, -0.1) is 0 Å². The summed E-state index contributed by atoms with van der Waals surface area (Å²) in [6.07, 6.45) is 0. The molecular weight excluding hydrogens is 360 g/mol. The van der Waals surface area contributed by atoms with Gasteiger partial charge in [0.2, 0.25) is 0 Å². The number of methoxy groups -OCH3 is 1. The summed E-state index contributed by atoms with van der Waals surface area (Å²) in [5.41, 5.74) is 3.16. The van der Waals surface area contributed by atoms with E-state index in [4.69, 9.17) is 4.74 Å². The second-order valence-corrected chi connectivity index (χ2v) is 6.58. The van der Waals surface area contributed by atoms with Crippen LogP contribution in [-0.4, -0.2) is 32.0 Å². The zero-order valence-electron chi connectivity index (χ0n) is 14.9. The molecule has 6 heteroatoms. The molecule has 3 rings (SSSR count). The number of hydrogen-bond acceptors (Lipinski definition) is 4. The van der Waals surface area contributed by atoms with Crippen molar-refractivity contribution in [1.82, 2.24) is 10.6 Å². The first-order chi connectivity index (χ1) is 13.2. The van der Waals surface area contributed by atoms with Gasteiger partial charge in [-0.3, -0.25) is 9.59 Å². The van der Waals surface area contributed by atoms with E-state index in [9.17, 15) is 9.59 Å². The van der Waals surface area contributed by atoms with Gasteiger partial charge in [0, 0.05) is 18.7 Å². The van der Waals surface area contributed by atoms with Crippen molar-refractivity contribution in [2.45, 2.75) is 0 Å². The largest absolute Gasteiger partial charge is 0.496 e. The molecule has 0 saturated carbocycles. The van der Waals surface area contributed by atoms with E-state index in [1.807, 2.05) is 35.0 Å². The van der Waals surface area contributed by atoms with Gasteiger partial charge in [-0.1, -0.05) is 24.3 Å². The highest BCUT2D eigenvalue weighted by Crippen LogP contribution is 2.22. The number of para-hydroxylation sites is 1. The van der Waals surface area contributed by atoms with Crippen molar-refractivity contribution < 1.29 is 14.3 Å². The lowest BCUT2D eigenvalue weighted by molar-refractivity contribution is 0.0926. The topological polar surface area (TPSA) is 67.4 Å². The standard InChI is InChI=1S/C21H20N2O3S/c1-26-19-8-3-2-7-18(19)21(25)23-11-10-22-20(24)16-6-4-5-15(13-16)17-9-12-27-14-17/h2-9,12-14H,10-11H2,1H3,(H,22,24)(H,23,25). The molecule has 2 aromatic carbocycles. The van der Waals surface area contributed by atoms with Crippen LogP contribution in [0.3, 0.4) is 0 Å². The summed E-state index contributed by atoms with van der Waals surface area (Å²) in [7, 11) is 1.52. The Hall–Kier alpha value is -3.12. The summed E-state index contributed by atoms with van der Waals surface area (Å²) in [5, 5.41) is 9.66. The molecule has 2 amide bonds. The van der Waals surface area contributed by atoms with E-state index in [1.54, 1.807) is 41.7 Å². The molecule has 0 saturated heterocycles. The summed E-state index contributed by atoms with van der Waals surface area (Å²) in [6.45, 7) is 0.662. The minimum Gasteiger partial charge on any atom is -0.496 e. The predicted octanol–water partition coefficient (Wildman–Crippen LogP) is 3.58. The van der Waals surface area contributed by atoms with Crippen LogP contribution in [0.15, 0.2) is 65.4 Å². The normalized spacial score (nSPS) is 10.3. The smallest absolute Gasteiger partial charge is 0.255 e. The summed E-state index contributed by atoms with van der Waals surface area (Å²) in [5.74, 6) is 0.115. The number of ether oxygens (including phenoxy) is 1. The van der Waals surface area contributed by atoms with E-state index in [-0.39, 0.29) is 11.8 Å². The van der Waals surface area contributed by atoms with Crippen molar-refractivity contribution in [1.29, 1.82) is 0 Å². The first-order valence-electron chi connectivity index (χ1n) is 8.51. The van der Waals surface area contributed by atoms with Crippen molar-refractivity contribution in [2.75, 3.05) is 20.2 Å². The van der Waals surface area contributed by atoms with Gasteiger partial charge >= 0.3 is 0 Å². The zero-order valence-corrected chi connectivity index (χ0v) is 15.7. The average Bonchev–Trinajstić information content (AvgIpc) is 3.26. The molecule has 5 nitrogen and oxygen atoms in total. The fraction of sp³-hybridized carbons (Fsp3) is 0.143. The summed E-state index contributed by atoms with van der Waals surface area (Å²) in [6, 6.07) is 16.5. The lowest BCUT2D eigenvalue weighted by atomic mass is 10.1. The van der Waals surface area contributed by atoms with Gasteiger partial charge in [0.05, 0.1) is 12.7 Å². The van der Waals surface area contributed by atoms with E-state index in [0.717, 1.165) is 11.1 Å². The Bertz CT molecular complexity index is 923.